The highest BCUT2D eigenvalue weighted by molar-refractivity contribution is 7.89. The van der Waals surface area contributed by atoms with Crippen molar-refractivity contribution >= 4 is 21.6 Å². The number of primary sulfonamides is 1. The van der Waals surface area contributed by atoms with Crippen LogP contribution in [-0.4, -0.2) is 33.5 Å². The van der Waals surface area contributed by atoms with E-state index in [0.717, 1.165) is 13.1 Å². The Morgan fingerprint density at radius 2 is 1.91 bits per heavy atom. The van der Waals surface area contributed by atoms with Crippen LogP contribution in [0.5, 0.6) is 0 Å². The molecule has 1 heterocycles. The summed E-state index contributed by atoms with van der Waals surface area (Å²) in [6.07, 6.45) is 1.20. The largest absolute Gasteiger partial charge is 0.324 e. The molecule has 6 nitrogen and oxygen atoms in total. The van der Waals surface area contributed by atoms with E-state index in [4.69, 9.17) is 5.14 Å². The lowest BCUT2D eigenvalue weighted by atomic mass is 9.91. The fraction of sp³-hybridized carbons (Fsp3) is 0.562. The van der Waals surface area contributed by atoms with Crippen LogP contribution in [0.25, 0.3) is 0 Å². The summed E-state index contributed by atoms with van der Waals surface area (Å²) in [7, 11) is -3.77. The Hall–Kier alpha value is -1.44. The molecule has 3 atom stereocenters. The van der Waals surface area contributed by atoms with E-state index in [0.29, 0.717) is 17.5 Å². The number of nitrogens with two attached hydrogens (primary N) is 1. The van der Waals surface area contributed by atoms with E-state index in [1.807, 2.05) is 6.92 Å². The van der Waals surface area contributed by atoms with Gasteiger partial charge in [0.1, 0.15) is 0 Å². The van der Waals surface area contributed by atoms with E-state index in [1.165, 1.54) is 23.5 Å². The Labute approximate surface area is 138 Å². The van der Waals surface area contributed by atoms with Crippen molar-refractivity contribution in [3.8, 4) is 0 Å². The summed E-state index contributed by atoms with van der Waals surface area (Å²) in [5, 5.41) is 7.92. The SMILES string of the molecule is C[C@H]1C[C@H](C)C[NH+]([C@@H](C)C(=O)Nc2cccc(S(N)(=O)=O)c2)C1. The average molecular weight is 340 g/mol. The van der Waals surface area contributed by atoms with Gasteiger partial charge in [-0.2, -0.15) is 0 Å². The average Bonchev–Trinajstić information content (AvgIpc) is 2.44. The van der Waals surface area contributed by atoms with Gasteiger partial charge in [-0.25, -0.2) is 13.6 Å². The molecule has 0 radical (unpaired) electrons. The lowest BCUT2D eigenvalue weighted by Crippen LogP contribution is -3.18. The van der Waals surface area contributed by atoms with E-state index in [9.17, 15) is 13.2 Å². The summed E-state index contributed by atoms with van der Waals surface area (Å²) in [6, 6.07) is 5.84. The third kappa shape index (κ3) is 4.76. The second-order valence-corrected chi connectivity index (χ2v) is 8.36. The predicted molar refractivity (Wildman–Crippen MR) is 89.5 cm³/mol. The minimum Gasteiger partial charge on any atom is -0.324 e. The molecule has 0 unspecified atom stereocenters. The van der Waals surface area contributed by atoms with Crippen LogP contribution in [0.4, 0.5) is 5.69 Å². The van der Waals surface area contributed by atoms with Gasteiger partial charge in [0.2, 0.25) is 10.0 Å². The minimum absolute atomic E-state index is 0.00415. The summed E-state index contributed by atoms with van der Waals surface area (Å²) in [6.45, 7) is 8.32. The molecule has 0 aromatic heterocycles. The summed E-state index contributed by atoms with van der Waals surface area (Å²) in [4.78, 5) is 13.7. The van der Waals surface area contributed by atoms with Crippen LogP contribution in [0.2, 0.25) is 0 Å². The topological polar surface area (TPSA) is 93.7 Å². The first-order valence-electron chi connectivity index (χ1n) is 7.95. The molecule has 1 saturated heterocycles. The number of sulfonamides is 1. The van der Waals surface area contributed by atoms with E-state index < -0.39 is 10.0 Å². The summed E-state index contributed by atoms with van der Waals surface area (Å²) in [5.41, 5.74) is 0.450. The van der Waals surface area contributed by atoms with Gasteiger partial charge >= 0.3 is 0 Å². The van der Waals surface area contributed by atoms with Crippen molar-refractivity contribution in [1.29, 1.82) is 0 Å². The van der Waals surface area contributed by atoms with Gasteiger partial charge in [0.05, 0.1) is 18.0 Å². The van der Waals surface area contributed by atoms with Crippen LogP contribution in [0.1, 0.15) is 27.2 Å². The molecule has 2 rings (SSSR count). The van der Waals surface area contributed by atoms with E-state index in [1.54, 1.807) is 12.1 Å². The number of carbonyl (C=O) groups excluding carboxylic acids is 1. The third-order valence-corrected chi connectivity index (χ3v) is 5.37. The van der Waals surface area contributed by atoms with Gasteiger partial charge in [-0.1, -0.05) is 19.9 Å². The Morgan fingerprint density at radius 3 is 2.48 bits per heavy atom. The molecule has 0 aliphatic carbocycles. The smallest absolute Gasteiger partial charge is 0.282 e. The van der Waals surface area contributed by atoms with Crippen molar-refractivity contribution in [3.63, 3.8) is 0 Å². The Balaban J connectivity index is 2.07. The maximum atomic E-state index is 12.5. The Morgan fingerprint density at radius 1 is 1.30 bits per heavy atom. The number of carbonyl (C=O) groups is 1. The van der Waals surface area contributed by atoms with Crippen LogP contribution in [-0.2, 0) is 14.8 Å². The van der Waals surface area contributed by atoms with Crippen molar-refractivity contribution in [1.82, 2.24) is 0 Å². The molecule has 128 valence electrons. The number of hydrogen-bond acceptors (Lipinski definition) is 3. The number of rotatable bonds is 4. The molecular weight excluding hydrogens is 314 g/mol. The van der Waals surface area contributed by atoms with Crippen molar-refractivity contribution in [2.75, 3.05) is 18.4 Å². The zero-order chi connectivity index (χ0) is 17.2. The van der Waals surface area contributed by atoms with E-state index in [2.05, 4.69) is 19.2 Å². The first-order chi connectivity index (χ1) is 10.7. The molecule has 0 bridgehead atoms. The number of benzene rings is 1. The maximum Gasteiger partial charge on any atom is 0.282 e. The van der Waals surface area contributed by atoms with Crippen molar-refractivity contribution in [2.24, 2.45) is 17.0 Å². The lowest BCUT2D eigenvalue weighted by molar-refractivity contribution is -0.925. The lowest BCUT2D eigenvalue weighted by Gasteiger charge is -2.35. The molecule has 1 aliphatic heterocycles. The second kappa shape index (κ2) is 6.98. The molecule has 23 heavy (non-hydrogen) atoms. The van der Waals surface area contributed by atoms with Crippen LogP contribution < -0.4 is 15.4 Å². The Bertz CT molecular complexity index is 665. The third-order valence-electron chi connectivity index (χ3n) is 4.46. The fourth-order valence-corrected chi connectivity index (χ4v) is 3.93. The van der Waals surface area contributed by atoms with Crippen LogP contribution in [0.3, 0.4) is 0 Å². The molecule has 7 heteroatoms. The quantitative estimate of drug-likeness (QED) is 0.732. The minimum atomic E-state index is -3.77. The molecular formula is C16H26N3O3S+. The Kier molecular flexibility index (Phi) is 5.44. The molecule has 1 aliphatic rings. The summed E-state index contributed by atoms with van der Waals surface area (Å²) >= 11 is 0. The number of amides is 1. The van der Waals surface area contributed by atoms with E-state index >= 15 is 0 Å². The standard InChI is InChI=1S/C16H25N3O3S/c1-11-7-12(2)10-19(9-11)13(3)16(20)18-14-5-4-6-15(8-14)23(17,21)22/h4-6,8,11-13H,7,9-10H2,1-3H3,(H,18,20)(H2,17,21,22)/p+1/t11-,12-,13-/m0/s1. The molecule has 1 fully saturated rings. The summed E-state index contributed by atoms with van der Waals surface area (Å²) in [5.74, 6) is 1.11. The molecule has 0 saturated carbocycles. The summed E-state index contributed by atoms with van der Waals surface area (Å²) < 4.78 is 22.8. The normalized spacial score (nSPS) is 26.5. The predicted octanol–water partition coefficient (Wildman–Crippen LogP) is 0.222. The van der Waals surface area contributed by atoms with Crippen LogP contribution in [0, 0.1) is 11.8 Å². The van der Waals surface area contributed by atoms with Gasteiger partial charge in [0, 0.05) is 17.5 Å². The number of anilines is 1. The van der Waals surface area contributed by atoms with E-state index in [-0.39, 0.29) is 16.8 Å². The second-order valence-electron chi connectivity index (χ2n) is 6.80. The monoisotopic (exact) mass is 340 g/mol. The highest BCUT2D eigenvalue weighted by Gasteiger charge is 2.32. The number of likely N-dealkylation sites (tertiary alicyclic amines) is 1. The van der Waals surface area contributed by atoms with Crippen LogP contribution in [0.15, 0.2) is 29.2 Å². The van der Waals surface area contributed by atoms with Crippen molar-refractivity contribution in [3.05, 3.63) is 24.3 Å². The first kappa shape index (κ1) is 17.9. The van der Waals surface area contributed by atoms with Gasteiger partial charge < -0.3 is 10.2 Å². The molecule has 1 amide bonds. The first-order valence-corrected chi connectivity index (χ1v) is 9.49. The van der Waals surface area contributed by atoms with Gasteiger partial charge in [-0.05, 0) is 31.5 Å². The van der Waals surface area contributed by atoms with Gasteiger partial charge in [0.15, 0.2) is 6.04 Å². The van der Waals surface area contributed by atoms with Crippen molar-refractivity contribution in [2.45, 2.75) is 38.1 Å². The number of quaternary nitrogens is 1. The fourth-order valence-electron chi connectivity index (χ4n) is 3.37. The number of hydrogen-bond donors (Lipinski definition) is 3. The number of piperidine rings is 1. The molecule has 1 aromatic carbocycles. The zero-order valence-electron chi connectivity index (χ0n) is 13.9. The van der Waals surface area contributed by atoms with Gasteiger partial charge in [0.25, 0.3) is 5.91 Å². The van der Waals surface area contributed by atoms with Gasteiger partial charge in [-0.3, -0.25) is 4.79 Å². The zero-order valence-corrected chi connectivity index (χ0v) is 14.7. The molecule has 0 spiro atoms. The molecule has 1 aromatic rings. The molecule has 4 N–H and O–H groups in total. The van der Waals surface area contributed by atoms with Crippen molar-refractivity contribution < 1.29 is 18.1 Å². The maximum absolute atomic E-state index is 12.5. The number of nitrogens with one attached hydrogen (secondary N) is 2. The van der Waals surface area contributed by atoms with Gasteiger partial charge in [-0.15, -0.1) is 0 Å². The highest BCUT2D eigenvalue weighted by Crippen LogP contribution is 2.15. The highest BCUT2D eigenvalue weighted by atomic mass is 32.2. The van der Waals surface area contributed by atoms with Crippen LogP contribution >= 0.6 is 0 Å².